The second-order valence-electron chi connectivity index (χ2n) is 4.15. The molecular formula is C13H18N2O3S. The van der Waals surface area contributed by atoms with E-state index in [1.54, 1.807) is 0 Å². The third kappa shape index (κ3) is 3.48. The molecule has 5 nitrogen and oxygen atoms in total. The first-order valence-corrected chi connectivity index (χ1v) is 6.67. The van der Waals surface area contributed by atoms with Crippen LogP contribution in [0.1, 0.15) is 12.5 Å². The van der Waals surface area contributed by atoms with Gasteiger partial charge in [-0.2, -0.15) is 0 Å². The number of fused-ring (bicyclic) bond motifs is 1. The molecule has 1 aromatic carbocycles. The van der Waals surface area contributed by atoms with E-state index in [1.165, 1.54) is 0 Å². The largest absolute Gasteiger partial charge is 0.454 e. The highest BCUT2D eigenvalue weighted by molar-refractivity contribution is 7.80. The molecule has 1 aliphatic rings. The Balaban J connectivity index is 1.89. The third-order valence-electron chi connectivity index (χ3n) is 2.92. The van der Waals surface area contributed by atoms with Crippen LogP contribution in [-0.4, -0.2) is 41.6 Å². The molecule has 0 saturated carbocycles. The first-order valence-electron chi connectivity index (χ1n) is 6.26. The zero-order valence-corrected chi connectivity index (χ0v) is 11.7. The van der Waals surface area contributed by atoms with Gasteiger partial charge < -0.3 is 24.8 Å². The Bertz CT molecular complexity index is 454. The summed E-state index contributed by atoms with van der Waals surface area (Å²) in [5.74, 6) is 1.55. The number of nitrogens with one attached hydrogen (secondary N) is 1. The number of aliphatic hydroxyl groups is 1. The summed E-state index contributed by atoms with van der Waals surface area (Å²) in [5.41, 5.74) is 1.08. The molecule has 6 heteroatoms. The first-order chi connectivity index (χ1) is 9.24. The maximum absolute atomic E-state index is 8.95. The van der Waals surface area contributed by atoms with Crippen LogP contribution in [-0.2, 0) is 6.54 Å². The fourth-order valence-corrected chi connectivity index (χ4v) is 2.16. The van der Waals surface area contributed by atoms with E-state index >= 15 is 0 Å². The molecule has 0 aromatic heterocycles. The van der Waals surface area contributed by atoms with Crippen molar-refractivity contribution in [2.75, 3.05) is 26.5 Å². The molecule has 0 amide bonds. The van der Waals surface area contributed by atoms with Gasteiger partial charge >= 0.3 is 0 Å². The number of nitrogens with zero attached hydrogens (tertiary/aromatic N) is 1. The summed E-state index contributed by atoms with van der Waals surface area (Å²) in [6, 6.07) is 5.82. The number of thiocarbonyl (C=S) groups is 1. The number of aliphatic hydroxyl groups excluding tert-OH is 1. The normalized spacial score (nSPS) is 12.3. The molecule has 1 heterocycles. The molecule has 0 aliphatic carbocycles. The van der Waals surface area contributed by atoms with E-state index in [9.17, 15) is 0 Å². The van der Waals surface area contributed by atoms with Crippen molar-refractivity contribution < 1.29 is 14.6 Å². The van der Waals surface area contributed by atoms with Crippen molar-refractivity contribution >= 4 is 17.3 Å². The van der Waals surface area contributed by atoms with E-state index < -0.39 is 0 Å². The van der Waals surface area contributed by atoms with Crippen LogP contribution in [0.5, 0.6) is 11.5 Å². The van der Waals surface area contributed by atoms with E-state index in [0.29, 0.717) is 18.2 Å². The molecule has 1 aliphatic heterocycles. The fraction of sp³-hybridized carbons (Fsp3) is 0.462. The van der Waals surface area contributed by atoms with Crippen LogP contribution in [0.15, 0.2) is 18.2 Å². The van der Waals surface area contributed by atoms with Gasteiger partial charge in [0.05, 0.1) is 6.61 Å². The Kier molecular flexibility index (Phi) is 4.81. The lowest BCUT2D eigenvalue weighted by atomic mass is 10.2. The van der Waals surface area contributed by atoms with Crippen molar-refractivity contribution in [3.8, 4) is 11.5 Å². The molecular weight excluding hydrogens is 264 g/mol. The molecule has 0 bridgehead atoms. The fourth-order valence-electron chi connectivity index (χ4n) is 1.86. The molecule has 0 unspecified atom stereocenters. The van der Waals surface area contributed by atoms with E-state index in [2.05, 4.69) is 5.32 Å². The minimum Gasteiger partial charge on any atom is -0.454 e. The first kappa shape index (κ1) is 13.9. The predicted molar refractivity (Wildman–Crippen MR) is 76.3 cm³/mol. The van der Waals surface area contributed by atoms with Crippen molar-refractivity contribution in [1.29, 1.82) is 0 Å². The quantitative estimate of drug-likeness (QED) is 0.789. The van der Waals surface area contributed by atoms with Crippen molar-refractivity contribution in [3.63, 3.8) is 0 Å². The Morgan fingerprint density at radius 1 is 1.42 bits per heavy atom. The number of benzene rings is 1. The van der Waals surface area contributed by atoms with Gasteiger partial charge in [-0.05, 0) is 36.8 Å². The summed E-state index contributed by atoms with van der Waals surface area (Å²) in [7, 11) is 0. The molecule has 0 fully saturated rings. The summed E-state index contributed by atoms with van der Waals surface area (Å²) in [6.45, 7) is 4.32. The Morgan fingerprint density at radius 2 is 2.21 bits per heavy atom. The monoisotopic (exact) mass is 282 g/mol. The van der Waals surface area contributed by atoms with Gasteiger partial charge in [-0.15, -0.1) is 0 Å². The van der Waals surface area contributed by atoms with E-state index in [1.807, 2.05) is 30.0 Å². The van der Waals surface area contributed by atoms with Gasteiger partial charge in [-0.1, -0.05) is 6.07 Å². The van der Waals surface area contributed by atoms with Gasteiger partial charge in [0.1, 0.15) is 0 Å². The lowest BCUT2D eigenvalue weighted by molar-refractivity contribution is 0.174. The Morgan fingerprint density at radius 3 is 2.95 bits per heavy atom. The second kappa shape index (κ2) is 6.58. The second-order valence-corrected chi connectivity index (χ2v) is 4.54. The van der Waals surface area contributed by atoms with Crippen LogP contribution in [0, 0.1) is 0 Å². The molecule has 104 valence electrons. The molecule has 2 N–H and O–H groups in total. The molecule has 1 aromatic rings. The van der Waals surface area contributed by atoms with Crippen molar-refractivity contribution in [2.24, 2.45) is 0 Å². The smallest absolute Gasteiger partial charge is 0.231 e. The standard InChI is InChI=1S/C13H18N2O3S/c1-2-15(5-6-16)13(19)14-8-10-3-4-11-12(7-10)18-9-17-11/h3-4,7,16H,2,5-6,8-9H2,1H3,(H,14,19). The number of likely N-dealkylation sites (N-methyl/N-ethyl adjacent to an activating group) is 1. The van der Waals surface area contributed by atoms with Gasteiger partial charge in [0, 0.05) is 19.6 Å². The highest BCUT2D eigenvalue weighted by atomic mass is 32.1. The van der Waals surface area contributed by atoms with Crippen molar-refractivity contribution in [3.05, 3.63) is 23.8 Å². The highest BCUT2D eigenvalue weighted by Gasteiger charge is 2.13. The number of rotatable bonds is 5. The zero-order valence-electron chi connectivity index (χ0n) is 10.9. The highest BCUT2D eigenvalue weighted by Crippen LogP contribution is 2.32. The number of hydrogen-bond acceptors (Lipinski definition) is 4. The van der Waals surface area contributed by atoms with Crippen LogP contribution in [0.2, 0.25) is 0 Å². The van der Waals surface area contributed by atoms with Gasteiger partial charge in [-0.25, -0.2) is 0 Å². The van der Waals surface area contributed by atoms with Crippen LogP contribution < -0.4 is 14.8 Å². The van der Waals surface area contributed by atoms with Crippen LogP contribution in [0.25, 0.3) is 0 Å². The Hall–Kier alpha value is -1.53. The molecule has 19 heavy (non-hydrogen) atoms. The van der Waals surface area contributed by atoms with E-state index in [-0.39, 0.29) is 13.4 Å². The van der Waals surface area contributed by atoms with E-state index in [4.69, 9.17) is 26.8 Å². The van der Waals surface area contributed by atoms with Gasteiger partial charge in [0.2, 0.25) is 6.79 Å². The van der Waals surface area contributed by atoms with Gasteiger partial charge in [0.15, 0.2) is 16.6 Å². The average Bonchev–Trinajstić information content (AvgIpc) is 2.89. The molecule has 0 spiro atoms. The Labute approximate surface area is 118 Å². The minimum absolute atomic E-state index is 0.0969. The molecule has 0 saturated heterocycles. The SMILES string of the molecule is CCN(CCO)C(=S)NCc1ccc2c(c1)OCO2. The van der Waals surface area contributed by atoms with Gasteiger partial charge in [-0.3, -0.25) is 0 Å². The summed E-state index contributed by atoms with van der Waals surface area (Å²) in [4.78, 5) is 1.92. The predicted octanol–water partition coefficient (Wildman–Crippen LogP) is 1.10. The average molecular weight is 282 g/mol. The topological polar surface area (TPSA) is 54.0 Å². The zero-order chi connectivity index (χ0) is 13.7. The lowest BCUT2D eigenvalue weighted by Gasteiger charge is -2.23. The number of hydrogen-bond donors (Lipinski definition) is 2. The maximum Gasteiger partial charge on any atom is 0.231 e. The number of ether oxygens (including phenoxy) is 2. The molecule has 0 atom stereocenters. The van der Waals surface area contributed by atoms with Crippen LogP contribution in [0.3, 0.4) is 0 Å². The maximum atomic E-state index is 8.95. The summed E-state index contributed by atoms with van der Waals surface area (Å²) < 4.78 is 10.6. The summed E-state index contributed by atoms with van der Waals surface area (Å²) >= 11 is 5.29. The molecule has 0 radical (unpaired) electrons. The van der Waals surface area contributed by atoms with Crippen molar-refractivity contribution in [2.45, 2.75) is 13.5 Å². The molecule has 2 rings (SSSR count). The van der Waals surface area contributed by atoms with Crippen LogP contribution in [0.4, 0.5) is 0 Å². The van der Waals surface area contributed by atoms with Gasteiger partial charge in [0.25, 0.3) is 0 Å². The van der Waals surface area contributed by atoms with Crippen LogP contribution >= 0.6 is 12.2 Å². The summed E-state index contributed by atoms with van der Waals surface area (Å²) in [6.07, 6.45) is 0. The summed E-state index contributed by atoms with van der Waals surface area (Å²) in [5, 5.41) is 12.8. The van der Waals surface area contributed by atoms with Crippen molar-refractivity contribution in [1.82, 2.24) is 10.2 Å². The lowest BCUT2D eigenvalue weighted by Crippen LogP contribution is -2.40. The third-order valence-corrected chi connectivity index (χ3v) is 3.32. The minimum atomic E-state index is 0.0969. The van der Waals surface area contributed by atoms with E-state index in [0.717, 1.165) is 23.6 Å².